The van der Waals surface area contributed by atoms with Crippen LogP contribution >= 0.6 is 15.9 Å². The molecule has 0 radical (unpaired) electrons. The van der Waals surface area contributed by atoms with E-state index in [4.69, 9.17) is 14.6 Å². The van der Waals surface area contributed by atoms with Gasteiger partial charge in [0.1, 0.15) is 24.0 Å². The summed E-state index contributed by atoms with van der Waals surface area (Å²) in [6, 6.07) is 33.8. The summed E-state index contributed by atoms with van der Waals surface area (Å²) < 4.78 is 12.7. The third kappa shape index (κ3) is 6.93. The van der Waals surface area contributed by atoms with Gasteiger partial charge < -0.3 is 19.9 Å². The van der Waals surface area contributed by atoms with E-state index >= 15 is 0 Å². The van der Waals surface area contributed by atoms with E-state index in [1.54, 1.807) is 6.26 Å². The Labute approximate surface area is 312 Å². The summed E-state index contributed by atoms with van der Waals surface area (Å²) in [4.78, 5) is 0. The van der Waals surface area contributed by atoms with E-state index in [1.807, 2.05) is 18.4 Å². The lowest BCUT2D eigenvalue weighted by Crippen LogP contribution is -2.14. The molecule has 0 atom stereocenters. The molecule has 0 saturated heterocycles. The second kappa shape index (κ2) is 13.2. The summed E-state index contributed by atoms with van der Waals surface area (Å²) >= 11 is 3.55. The highest BCUT2D eigenvalue weighted by atomic mass is 79.9. The van der Waals surface area contributed by atoms with Crippen LogP contribution in [-0.2, 0) is 21.7 Å². The number of rotatable bonds is 2. The number of nitrogens with two attached hydrogens (primary N) is 1. The molecule has 3 N–H and O–H groups in total. The van der Waals surface area contributed by atoms with Gasteiger partial charge in [0.15, 0.2) is 0 Å². The van der Waals surface area contributed by atoms with Crippen molar-refractivity contribution in [2.75, 3.05) is 11.1 Å². The van der Waals surface area contributed by atoms with Crippen LogP contribution in [0.3, 0.4) is 0 Å². The second-order valence-electron chi connectivity index (χ2n) is 16.8. The first-order valence-electron chi connectivity index (χ1n) is 17.7. The van der Waals surface area contributed by atoms with Gasteiger partial charge in [-0.05, 0) is 112 Å². The normalized spacial score (nSPS) is 14.6. The largest absolute Gasteiger partial charge is 0.467 e. The predicted octanol–water partition coefficient (Wildman–Crippen LogP) is 13.5. The fourth-order valence-corrected chi connectivity index (χ4v) is 7.64. The van der Waals surface area contributed by atoms with Gasteiger partial charge in [0.05, 0.1) is 10.2 Å². The molecule has 4 nitrogen and oxygen atoms in total. The zero-order valence-corrected chi connectivity index (χ0v) is 33.3. The average Bonchev–Trinajstić information content (AvgIpc) is 3.79. The van der Waals surface area contributed by atoms with E-state index in [0.29, 0.717) is 0 Å². The van der Waals surface area contributed by atoms with E-state index in [9.17, 15) is 0 Å². The van der Waals surface area contributed by atoms with E-state index in [0.717, 1.165) is 33.1 Å². The third-order valence-electron chi connectivity index (χ3n) is 10.2. The number of hydrogen-bond acceptors (Lipinski definition) is 4. The van der Waals surface area contributed by atoms with Crippen LogP contribution in [0.5, 0.6) is 0 Å². The van der Waals surface area contributed by atoms with Crippen LogP contribution in [0.4, 0.5) is 17.1 Å². The van der Waals surface area contributed by atoms with Gasteiger partial charge in [0.25, 0.3) is 0 Å². The van der Waals surface area contributed by atoms with Crippen molar-refractivity contribution in [3.8, 4) is 22.3 Å². The molecule has 51 heavy (non-hydrogen) atoms. The molecule has 0 unspecified atom stereocenters. The predicted molar refractivity (Wildman–Crippen MR) is 218 cm³/mol. The molecule has 5 heteroatoms. The quantitative estimate of drug-likeness (QED) is 0.173. The Morgan fingerprint density at radius 3 is 1.51 bits per heavy atom. The molecule has 264 valence electrons. The van der Waals surface area contributed by atoms with Gasteiger partial charge >= 0.3 is 0 Å². The van der Waals surface area contributed by atoms with Crippen molar-refractivity contribution in [2.45, 2.75) is 90.9 Å². The van der Waals surface area contributed by atoms with Crippen molar-refractivity contribution < 1.29 is 8.83 Å². The van der Waals surface area contributed by atoms with Crippen LogP contribution in [0.1, 0.15) is 103 Å². The Kier molecular flexibility index (Phi) is 9.43. The molecule has 2 aliphatic rings. The smallest absolute Gasteiger partial charge is 0.123 e. The van der Waals surface area contributed by atoms with Crippen LogP contribution in [0, 0.1) is 0 Å². The summed E-state index contributed by atoms with van der Waals surface area (Å²) in [5.41, 5.74) is 19.1. The van der Waals surface area contributed by atoms with Gasteiger partial charge in [-0.3, -0.25) is 0 Å². The van der Waals surface area contributed by atoms with Gasteiger partial charge in [-0.2, -0.15) is 0 Å². The molecule has 2 aromatic heterocycles. The molecule has 0 aliphatic heterocycles. The Bertz CT molecular complexity index is 2150. The number of nitrogens with one attached hydrogen (secondary N) is 1. The lowest BCUT2D eigenvalue weighted by Gasteiger charge is -2.19. The molecule has 0 fully saturated rings. The minimum atomic E-state index is -0.0953. The van der Waals surface area contributed by atoms with Gasteiger partial charge in [-0.15, -0.1) is 0 Å². The monoisotopic (exact) mass is 742 g/mol. The first kappa shape index (κ1) is 36.3. The van der Waals surface area contributed by atoms with Crippen molar-refractivity contribution in [1.82, 2.24) is 0 Å². The molecule has 8 rings (SSSR count). The van der Waals surface area contributed by atoms with Crippen LogP contribution in [0.15, 0.2) is 123 Å². The molecule has 2 aliphatic carbocycles. The SMILES string of the molecule is CC(C)(C)c1ccc(N)cc1.CC(C)(C)c1ccc(Nc2coc3c2-c2ccccc2C3(C)C)cc1.CC1(C)c2ccccc2-c2c(Br)coc21. The zero-order valence-electron chi connectivity index (χ0n) is 31.7. The standard InChI is InChI=1S/C23H25NO.C13H11BrO.C10H15N/c1-22(2,3)15-10-12-16(13-11-15)24-19-14-25-21-20(19)17-8-6-7-9-18(17)23(21,4)5;1-13(2)9-6-4-3-5-8(9)11-10(14)7-15-12(11)13;1-10(2,3)8-4-6-9(11)7-5-8/h6-14,24H,1-5H3;3-7H,1-2H3;4-7H,11H2,1-3H3. The summed E-state index contributed by atoms with van der Waals surface area (Å²) in [5.74, 6) is 2.11. The van der Waals surface area contributed by atoms with Crippen molar-refractivity contribution in [1.29, 1.82) is 0 Å². The van der Waals surface area contributed by atoms with Crippen molar-refractivity contribution in [2.24, 2.45) is 0 Å². The summed E-state index contributed by atoms with van der Waals surface area (Å²) in [6.07, 6.45) is 3.63. The highest BCUT2D eigenvalue weighted by Crippen LogP contribution is 2.53. The topological polar surface area (TPSA) is 64.3 Å². The summed E-state index contributed by atoms with van der Waals surface area (Å²) in [7, 11) is 0. The highest BCUT2D eigenvalue weighted by Gasteiger charge is 2.41. The minimum absolute atomic E-state index is 0.0159. The maximum Gasteiger partial charge on any atom is 0.123 e. The van der Waals surface area contributed by atoms with Gasteiger partial charge in [0.2, 0.25) is 0 Å². The van der Waals surface area contributed by atoms with E-state index < -0.39 is 0 Å². The first-order chi connectivity index (χ1) is 23.9. The molecule has 0 amide bonds. The first-order valence-corrected chi connectivity index (χ1v) is 18.5. The molecule has 0 bridgehead atoms. The lowest BCUT2D eigenvalue weighted by molar-refractivity contribution is 0.438. The third-order valence-corrected chi connectivity index (χ3v) is 10.8. The number of nitrogen functional groups attached to an aromatic ring is 1. The fourth-order valence-electron chi connectivity index (χ4n) is 7.15. The Hall–Kier alpha value is -4.48. The Morgan fingerprint density at radius 2 is 1.00 bits per heavy atom. The highest BCUT2D eigenvalue weighted by molar-refractivity contribution is 9.10. The molecular weight excluding hydrogens is 692 g/mol. The zero-order chi connectivity index (χ0) is 36.9. The minimum Gasteiger partial charge on any atom is -0.467 e. The lowest BCUT2D eigenvalue weighted by atomic mass is 9.86. The van der Waals surface area contributed by atoms with Crippen LogP contribution < -0.4 is 11.1 Å². The molecular formula is C46H51BrN2O2. The number of hydrogen-bond donors (Lipinski definition) is 2. The van der Waals surface area contributed by atoms with E-state index in [1.165, 1.54) is 44.5 Å². The number of anilines is 3. The van der Waals surface area contributed by atoms with Gasteiger partial charge in [-0.25, -0.2) is 0 Å². The Morgan fingerprint density at radius 1 is 0.569 bits per heavy atom. The van der Waals surface area contributed by atoms with Crippen molar-refractivity contribution in [3.05, 3.63) is 148 Å². The van der Waals surface area contributed by atoms with Crippen LogP contribution in [0.2, 0.25) is 0 Å². The number of furan rings is 2. The molecule has 4 aromatic carbocycles. The molecule has 0 spiro atoms. The van der Waals surface area contributed by atoms with E-state index in [-0.39, 0.29) is 21.7 Å². The number of fused-ring (bicyclic) bond motifs is 6. The molecule has 0 saturated carbocycles. The average molecular weight is 744 g/mol. The van der Waals surface area contributed by atoms with Gasteiger partial charge in [-0.1, -0.05) is 114 Å². The maximum atomic E-state index is 5.99. The maximum absolute atomic E-state index is 5.99. The van der Waals surface area contributed by atoms with Crippen molar-refractivity contribution in [3.63, 3.8) is 0 Å². The second-order valence-corrected chi connectivity index (χ2v) is 17.7. The van der Waals surface area contributed by atoms with Crippen LogP contribution in [0.25, 0.3) is 22.3 Å². The van der Waals surface area contributed by atoms with Crippen molar-refractivity contribution >= 4 is 33.0 Å². The summed E-state index contributed by atoms with van der Waals surface area (Å²) in [5, 5.41) is 3.55. The van der Waals surface area contributed by atoms with Gasteiger partial charge in [0, 0.05) is 33.3 Å². The number of benzene rings is 4. The number of halogens is 1. The Balaban J connectivity index is 0.000000146. The fraction of sp³-hybridized carbons (Fsp3) is 0.304. The van der Waals surface area contributed by atoms with E-state index in [2.05, 4.69) is 175 Å². The molecule has 2 heterocycles. The van der Waals surface area contributed by atoms with Crippen LogP contribution in [-0.4, -0.2) is 0 Å². The molecule has 6 aromatic rings. The summed E-state index contributed by atoms with van der Waals surface area (Å²) in [6.45, 7) is 22.1.